The third-order valence-electron chi connectivity index (χ3n) is 3.85. The number of aryl methyl sites for hydroxylation is 1. The summed E-state index contributed by atoms with van der Waals surface area (Å²) in [6.07, 6.45) is 0.477. The van der Waals surface area contributed by atoms with E-state index in [-0.39, 0.29) is 28.8 Å². The Balaban J connectivity index is 1.54. The van der Waals surface area contributed by atoms with E-state index in [1.807, 2.05) is 31.2 Å². The van der Waals surface area contributed by atoms with Crippen LogP contribution in [0.15, 0.2) is 48.5 Å². The lowest BCUT2D eigenvalue weighted by Crippen LogP contribution is -2.25. The number of ether oxygens (including phenoxy) is 1. The van der Waals surface area contributed by atoms with Crippen molar-refractivity contribution in [2.24, 2.45) is 0 Å². The third-order valence-corrected chi connectivity index (χ3v) is 4.84. The van der Waals surface area contributed by atoms with Crippen molar-refractivity contribution in [1.82, 2.24) is 5.32 Å². The van der Waals surface area contributed by atoms with Crippen LogP contribution in [0.5, 0.6) is 5.75 Å². The highest BCUT2D eigenvalue weighted by Crippen LogP contribution is 2.23. The maximum atomic E-state index is 12.1. The molecule has 1 atom stereocenters. The Morgan fingerprint density at radius 2 is 1.76 bits per heavy atom. The summed E-state index contributed by atoms with van der Waals surface area (Å²) in [4.78, 5) is 34.8. The molecule has 128 valence electrons. The lowest BCUT2D eigenvalue weighted by molar-refractivity contribution is -0.118. The molecule has 3 rings (SSSR count). The molecule has 1 fully saturated rings. The molecule has 6 heteroatoms. The van der Waals surface area contributed by atoms with Gasteiger partial charge in [-0.25, -0.2) is 0 Å². The zero-order valence-electron chi connectivity index (χ0n) is 13.7. The van der Waals surface area contributed by atoms with Gasteiger partial charge in [-0.2, -0.15) is 0 Å². The predicted octanol–water partition coefficient (Wildman–Crippen LogP) is 3.15. The molecule has 1 N–H and O–H groups in total. The van der Waals surface area contributed by atoms with E-state index in [4.69, 9.17) is 4.74 Å². The summed E-state index contributed by atoms with van der Waals surface area (Å²) in [5.41, 5.74) is 2.65. The number of carbonyl (C=O) groups excluding carboxylic acids is 3. The minimum atomic E-state index is -0.387. The summed E-state index contributed by atoms with van der Waals surface area (Å²) < 4.78 is 5.53. The molecule has 1 unspecified atom stereocenters. The number of hydrogen-bond acceptors (Lipinski definition) is 5. The van der Waals surface area contributed by atoms with Crippen molar-refractivity contribution in [3.05, 3.63) is 65.2 Å². The van der Waals surface area contributed by atoms with E-state index in [2.05, 4.69) is 5.32 Å². The molecule has 2 aromatic rings. The highest BCUT2D eigenvalue weighted by Gasteiger charge is 2.31. The van der Waals surface area contributed by atoms with Crippen LogP contribution in [-0.4, -0.2) is 28.8 Å². The molecule has 1 saturated heterocycles. The number of imide groups is 1. The van der Waals surface area contributed by atoms with Crippen molar-refractivity contribution in [3.8, 4) is 5.75 Å². The number of amides is 2. The van der Waals surface area contributed by atoms with Gasteiger partial charge in [-0.1, -0.05) is 53.7 Å². The Morgan fingerprint density at radius 1 is 1.08 bits per heavy atom. The number of Topliss-reactive ketones (excluding diaryl/α,β-unsaturated/α-hetero) is 1. The smallest absolute Gasteiger partial charge is 0.286 e. The Hall–Kier alpha value is -2.60. The second kappa shape index (κ2) is 7.53. The normalized spacial score (nSPS) is 16.6. The largest absolute Gasteiger partial charge is 0.485 e. The molecule has 0 saturated carbocycles. The van der Waals surface area contributed by atoms with Gasteiger partial charge < -0.3 is 4.74 Å². The van der Waals surface area contributed by atoms with Gasteiger partial charge in [-0.15, -0.1) is 0 Å². The standard InChI is InChI=1S/C19H17NO4S/c1-12-2-6-14(7-3-12)16(21)11-24-15-8-4-13(5-9-15)10-17-18(22)20-19(23)25-17/h2-9,17H,10-11H2,1H3,(H,20,22,23). The Morgan fingerprint density at radius 3 is 2.36 bits per heavy atom. The van der Waals surface area contributed by atoms with Crippen LogP contribution in [0.2, 0.25) is 0 Å². The van der Waals surface area contributed by atoms with Gasteiger partial charge in [-0.3, -0.25) is 19.7 Å². The van der Waals surface area contributed by atoms with E-state index < -0.39 is 0 Å². The molecule has 0 aliphatic carbocycles. The van der Waals surface area contributed by atoms with Gasteiger partial charge in [0, 0.05) is 5.56 Å². The van der Waals surface area contributed by atoms with Gasteiger partial charge in [0.15, 0.2) is 12.4 Å². The van der Waals surface area contributed by atoms with Crippen LogP contribution in [0.25, 0.3) is 0 Å². The average molecular weight is 355 g/mol. The van der Waals surface area contributed by atoms with Gasteiger partial charge in [0.1, 0.15) is 5.75 Å². The van der Waals surface area contributed by atoms with Crippen LogP contribution in [0, 0.1) is 6.92 Å². The van der Waals surface area contributed by atoms with E-state index >= 15 is 0 Å². The number of carbonyl (C=O) groups is 3. The van der Waals surface area contributed by atoms with Crippen molar-refractivity contribution in [3.63, 3.8) is 0 Å². The van der Waals surface area contributed by atoms with Crippen molar-refractivity contribution in [1.29, 1.82) is 0 Å². The highest BCUT2D eigenvalue weighted by atomic mass is 32.2. The van der Waals surface area contributed by atoms with Crippen molar-refractivity contribution < 1.29 is 19.1 Å². The first-order valence-corrected chi connectivity index (χ1v) is 8.72. The Labute approximate surface area is 149 Å². The molecule has 0 aromatic heterocycles. The first-order chi connectivity index (χ1) is 12.0. The number of nitrogens with one attached hydrogen (secondary N) is 1. The van der Waals surface area contributed by atoms with Crippen LogP contribution in [0.1, 0.15) is 21.5 Å². The molecule has 0 spiro atoms. The maximum absolute atomic E-state index is 12.1. The molecular weight excluding hydrogens is 338 g/mol. The quantitative estimate of drug-likeness (QED) is 0.806. The topological polar surface area (TPSA) is 72.5 Å². The lowest BCUT2D eigenvalue weighted by atomic mass is 10.1. The molecule has 2 amide bonds. The fourth-order valence-corrected chi connectivity index (χ4v) is 3.29. The van der Waals surface area contributed by atoms with Gasteiger partial charge in [0.05, 0.1) is 5.25 Å². The van der Waals surface area contributed by atoms with E-state index in [9.17, 15) is 14.4 Å². The molecule has 0 bridgehead atoms. The fourth-order valence-electron chi connectivity index (χ4n) is 2.44. The van der Waals surface area contributed by atoms with Crippen molar-refractivity contribution in [2.75, 3.05) is 6.61 Å². The summed E-state index contributed by atoms with van der Waals surface area (Å²) in [6.45, 7) is 1.94. The summed E-state index contributed by atoms with van der Waals surface area (Å²) in [5, 5.41) is 1.59. The minimum Gasteiger partial charge on any atom is -0.485 e. The van der Waals surface area contributed by atoms with Crippen molar-refractivity contribution in [2.45, 2.75) is 18.6 Å². The van der Waals surface area contributed by atoms with E-state index in [0.29, 0.717) is 17.7 Å². The van der Waals surface area contributed by atoms with Gasteiger partial charge in [-0.05, 0) is 31.0 Å². The number of thioether (sulfide) groups is 1. The molecule has 25 heavy (non-hydrogen) atoms. The highest BCUT2D eigenvalue weighted by molar-refractivity contribution is 8.15. The summed E-state index contributed by atoms with van der Waals surface area (Å²) >= 11 is 1.01. The third kappa shape index (κ3) is 4.48. The number of rotatable bonds is 6. The molecule has 1 aliphatic rings. The average Bonchev–Trinajstić information content (AvgIpc) is 2.92. The van der Waals surface area contributed by atoms with E-state index in [1.165, 1.54) is 0 Å². The molecule has 1 heterocycles. The first kappa shape index (κ1) is 17.2. The zero-order chi connectivity index (χ0) is 17.8. The second-order valence-corrected chi connectivity index (χ2v) is 6.98. The van der Waals surface area contributed by atoms with Crippen LogP contribution in [-0.2, 0) is 11.2 Å². The van der Waals surface area contributed by atoms with Crippen LogP contribution < -0.4 is 10.1 Å². The molecular formula is C19H17NO4S. The summed E-state index contributed by atoms with van der Waals surface area (Å²) in [5.74, 6) is 0.254. The monoisotopic (exact) mass is 355 g/mol. The lowest BCUT2D eigenvalue weighted by Gasteiger charge is -2.08. The SMILES string of the molecule is Cc1ccc(C(=O)COc2ccc(CC3SC(=O)NC3=O)cc2)cc1. The van der Waals surface area contributed by atoms with Crippen LogP contribution in [0.4, 0.5) is 4.79 Å². The summed E-state index contributed by atoms with van der Waals surface area (Å²) in [6, 6.07) is 14.6. The van der Waals surface area contributed by atoms with Gasteiger partial charge in [0.2, 0.25) is 5.91 Å². The van der Waals surface area contributed by atoms with Gasteiger partial charge in [0.25, 0.3) is 5.24 Å². The van der Waals surface area contributed by atoms with Crippen molar-refractivity contribution >= 4 is 28.7 Å². The molecule has 2 aromatic carbocycles. The van der Waals surface area contributed by atoms with E-state index in [1.54, 1.807) is 24.3 Å². The predicted molar refractivity (Wildman–Crippen MR) is 96.1 cm³/mol. The minimum absolute atomic E-state index is 0.0300. The van der Waals surface area contributed by atoms with E-state index in [0.717, 1.165) is 22.9 Å². The zero-order valence-corrected chi connectivity index (χ0v) is 14.5. The Kier molecular flexibility index (Phi) is 5.19. The molecule has 1 aliphatic heterocycles. The first-order valence-electron chi connectivity index (χ1n) is 7.84. The van der Waals surface area contributed by atoms with Crippen LogP contribution >= 0.6 is 11.8 Å². The summed E-state index contributed by atoms with van der Waals surface area (Å²) in [7, 11) is 0. The molecule has 0 radical (unpaired) electrons. The second-order valence-electron chi connectivity index (χ2n) is 5.81. The van der Waals surface area contributed by atoms with Crippen LogP contribution in [0.3, 0.4) is 0 Å². The number of ketones is 1. The maximum Gasteiger partial charge on any atom is 0.286 e. The number of benzene rings is 2. The van der Waals surface area contributed by atoms with Gasteiger partial charge >= 0.3 is 0 Å². The number of hydrogen-bond donors (Lipinski definition) is 1. The Bertz CT molecular complexity index is 799. The fraction of sp³-hybridized carbons (Fsp3) is 0.211. The molecule has 5 nitrogen and oxygen atoms in total.